The van der Waals surface area contributed by atoms with Crippen LogP contribution in [0.4, 0.5) is 11.4 Å². The predicted octanol–water partition coefficient (Wildman–Crippen LogP) is 2.52. The van der Waals surface area contributed by atoms with Crippen LogP contribution in [0.15, 0.2) is 71.6 Å². The Balaban J connectivity index is 1.40. The highest BCUT2D eigenvalue weighted by Gasteiger charge is 2.15. The number of hydrogen-bond acceptors (Lipinski definition) is 7. The van der Waals surface area contributed by atoms with Crippen molar-refractivity contribution in [3.05, 3.63) is 66.7 Å². The van der Waals surface area contributed by atoms with Gasteiger partial charge in [-0.1, -0.05) is 30.3 Å². The minimum atomic E-state index is -3.78. The number of hydrogen-bond donors (Lipinski definition) is 6. The van der Waals surface area contributed by atoms with Crippen molar-refractivity contribution in [2.45, 2.75) is 23.1 Å². The van der Waals surface area contributed by atoms with E-state index in [2.05, 4.69) is 34.1 Å². The van der Waals surface area contributed by atoms with E-state index in [1.54, 1.807) is 0 Å². The number of sulfonamides is 1. The SMILES string of the molecule is NS(=O)(=O)c1ccc(NC(S)CC(=O)CC(=O)NNC(=S)Nc2ccc3ccccc3c2)cc1. The summed E-state index contributed by atoms with van der Waals surface area (Å²) in [5, 5.41) is 12.7. The molecule has 0 bridgehead atoms. The number of amides is 1. The Hall–Kier alpha value is -3.19. The van der Waals surface area contributed by atoms with E-state index in [1.165, 1.54) is 24.3 Å². The second kappa shape index (κ2) is 11.3. The Morgan fingerprint density at radius 1 is 0.941 bits per heavy atom. The molecule has 1 atom stereocenters. The van der Waals surface area contributed by atoms with Gasteiger partial charge >= 0.3 is 0 Å². The summed E-state index contributed by atoms with van der Waals surface area (Å²) in [6.07, 6.45) is -0.401. The van der Waals surface area contributed by atoms with Gasteiger partial charge in [-0.05, 0) is 59.4 Å². The van der Waals surface area contributed by atoms with Crippen LogP contribution in [-0.4, -0.2) is 30.6 Å². The zero-order valence-electron chi connectivity index (χ0n) is 17.8. The topological polar surface area (TPSA) is 142 Å². The fourth-order valence-corrected chi connectivity index (χ4v) is 4.09. The number of carbonyl (C=O) groups excluding carboxylic acids is 2. The van der Waals surface area contributed by atoms with E-state index in [1.807, 2.05) is 42.5 Å². The van der Waals surface area contributed by atoms with Crippen molar-refractivity contribution in [3.8, 4) is 0 Å². The highest BCUT2D eigenvalue weighted by molar-refractivity contribution is 7.89. The monoisotopic (exact) mass is 517 g/mol. The minimum absolute atomic E-state index is 0.0259. The molecule has 34 heavy (non-hydrogen) atoms. The Bertz CT molecular complexity index is 1310. The maximum absolute atomic E-state index is 12.2. The lowest BCUT2D eigenvalue weighted by atomic mass is 10.1. The summed E-state index contributed by atoms with van der Waals surface area (Å²) in [6, 6.07) is 19.3. The van der Waals surface area contributed by atoms with Gasteiger partial charge in [0, 0.05) is 17.8 Å². The molecule has 12 heteroatoms. The van der Waals surface area contributed by atoms with Crippen molar-refractivity contribution in [2.75, 3.05) is 10.6 Å². The van der Waals surface area contributed by atoms with Crippen molar-refractivity contribution in [1.82, 2.24) is 10.9 Å². The lowest BCUT2D eigenvalue weighted by Gasteiger charge is -2.15. The third kappa shape index (κ3) is 7.70. The van der Waals surface area contributed by atoms with Crippen LogP contribution in [-0.2, 0) is 19.6 Å². The summed E-state index contributed by atoms with van der Waals surface area (Å²) in [5.74, 6) is -0.896. The first-order valence-corrected chi connectivity index (χ1v) is 12.5. The third-order valence-corrected chi connectivity index (χ3v) is 6.06. The average Bonchev–Trinajstić information content (AvgIpc) is 2.77. The number of carbonyl (C=O) groups is 2. The standard InChI is InChI=1S/C22H23N5O4S3/c23-34(30,31)19-9-7-16(8-10-19)24-21(32)13-18(28)12-20(29)26-27-22(33)25-17-6-5-14-3-1-2-4-15(14)11-17/h1-11,21,24,32H,12-13H2,(H,26,29)(H2,23,30,31)(H2,25,27,33). The van der Waals surface area contributed by atoms with Gasteiger partial charge in [0.25, 0.3) is 0 Å². The molecule has 3 rings (SSSR count). The average molecular weight is 518 g/mol. The lowest BCUT2D eigenvalue weighted by Crippen LogP contribution is -2.44. The molecule has 9 nitrogen and oxygen atoms in total. The van der Waals surface area contributed by atoms with Crippen LogP contribution in [0.25, 0.3) is 10.8 Å². The van der Waals surface area contributed by atoms with E-state index in [9.17, 15) is 18.0 Å². The van der Waals surface area contributed by atoms with Gasteiger partial charge in [-0.3, -0.25) is 20.4 Å². The number of nitrogens with one attached hydrogen (secondary N) is 4. The maximum Gasteiger partial charge on any atom is 0.245 e. The van der Waals surface area contributed by atoms with Gasteiger partial charge in [0.2, 0.25) is 15.9 Å². The van der Waals surface area contributed by atoms with E-state index < -0.39 is 21.3 Å². The summed E-state index contributed by atoms with van der Waals surface area (Å²) in [4.78, 5) is 24.2. The van der Waals surface area contributed by atoms with Crippen molar-refractivity contribution >= 4 is 73.8 Å². The predicted molar refractivity (Wildman–Crippen MR) is 140 cm³/mol. The molecule has 0 saturated heterocycles. The number of hydrazine groups is 1. The fourth-order valence-electron chi connectivity index (χ4n) is 3.05. The van der Waals surface area contributed by atoms with Gasteiger partial charge < -0.3 is 10.6 Å². The molecule has 1 unspecified atom stereocenters. The molecule has 0 heterocycles. The van der Waals surface area contributed by atoms with Crippen LogP contribution in [0.5, 0.6) is 0 Å². The number of benzene rings is 3. The number of primary sulfonamides is 1. The summed E-state index contributed by atoms with van der Waals surface area (Å²) < 4.78 is 22.6. The lowest BCUT2D eigenvalue weighted by molar-refractivity contribution is -0.128. The molecule has 3 aromatic carbocycles. The van der Waals surface area contributed by atoms with E-state index in [0.717, 1.165) is 16.5 Å². The van der Waals surface area contributed by atoms with Crippen LogP contribution in [0.1, 0.15) is 12.8 Å². The van der Waals surface area contributed by atoms with Gasteiger partial charge in [0.15, 0.2) is 5.11 Å². The van der Waals surface area contributed by atoms with E-state index in [4.69, 9.17) is 17.4 Å². The molecule has 0 aliphatic rings. The molecule has 3 aromatic rings. The minimum Gasteiger partial charge on any atom is -0.373 e. The largest absolute Gasteiger partial charge is 0.373 e. The van der Waals surface area contributed by atoms with Crippen molar-refractivity contribution in [1.29, 1.82) is 0 Å². The van der Waals surface area contributed by atoms with Crippen LogP contribution < -0.4 is 26.6 Å². The molecule has 0 aliphatic carbocycles. The molecule has 0 aromatic heterocycles. The molecular formula is C22H23N5O4S3. The van der Waals surface area contributed by atoms with Crippen molar-refractivity contribution in [2.24, 2.45) is 5.14 Å². The van der Waals surface area contributed by atoms with Crippen molar-refractivity contribution in [3.63, 3.8) is 0 Å². The van der Waals surface area contributed by atoms with Gasteiger partial charge in [0.1, 0.15) is 5.78 Å². The quantitative estimate of drug-likeness (QED) is 0.0880. The number of nitrogens with two attached hydrogens (primary N) is 1. The van der Waals surface area contributed by atoms with Crippen molar-refractivity contribution < 1.29 is 18.0 Å². The number of rotatable bonds is 8. The molecule has 0 fully saturated rings. The molecule has 178 valence electrons. The van der Waals surface area contributed by atoms with Gasteiger partial charge in [-0.15, -0.1) is 0 Å². The summed E-state index contributed by atoms with van der Waals surface area (Å²) in [6.45, 7) is 0. The molecule has 1 amide bonds. The number of fused-ring (bicyclic) bond motifs is 1. The first kappa shape index (κ1) is 25.4. The zero-order valence-corrected chi connectivity index (χ0v) is 20.3. The second-order valence-electron chi connectivity index (χ2n) is 7.34. The van der Waals surface area contributed by atoms with Crippen LogP contribution >= 0.6 is 24.8 Å². The molecule has 0 aliphatic heterocycles. The highest BCUT2D eigenvalue weighted by atomic mass is 32.2. The molecule has 6 N–H and O–H groups in total. The smallest absolute Gasteiger partial charge is 0.245 e. The van der Waals surface area contributed by atoms with Gasteiger partial charge in [-0.25, -0.2) is 13.6 Å². The summed E-state index contributed by atoms with van der Waals surface area (Å²) in [7, 11) is -3.78. The number of thiol groups is 1. The Labute approximate surface area is 207 Å². The van der Waals surface area contributed by atoms with E-state index in [-0.39, 0.29) is 28.6 Å². The summed E-state index contributed by atoms with van der Waals surface area (Å²) in [5.41, 5.74) is 6.26. The maximum atomic E-state index is 12.2. The van der Waals surface area contributed by atoms with Crippen LogP contribution in [0, 0.1) is 0 Å². The fraction of sp³-hybridized carbons (Fsp3) is 0.136. The first-order valence-electron chi connectivity index (χ1n) is 10.0. The Kier molecular flexibility index (Phi) is 8.45. The van der Waals surface area contributed by atoms with Gasteiger partial charge in [0.05, 0.1) is 16.7 Å². The normalized spacial score (nSPS) is 11.9. The first-order chi connectivity index (χ1) is 16.1. The van der Waals surface area contributed by atoms with Crippen LogP contribution in [0.2, 0.25) is 0 Å². The summed E-state index contributed by atoms with van der Waals surface area (Å²) >= 11 is 9.48. The highest BCUT2D eigenvalue weighted by Crippen LogP contribution is 2.19. The number of thiocarbonyl (C=S) groups is 1. The van der Waals surface area contributed by atoms with E-state index in [0.29, 0.717) is 5.69 Å². The van der Waals surface area contributed by atoms with E-state index >= 15 is 0 Å². The van der Waals surface area contributed by atoms with Crippen LogP contribution in [0.3, 0.4) is 0 Å². The molecule has 0 saturated carbocycles. The zero-order chi connectivity index (χ0) is 24.7. The Morgan fingerprint density at radius 2 is 1.59 bits per heavy atom. The third-order valence-electron chi connectivity index (χ3n) is 4.62. The number of Topliss-reactive ketones (excluding diaryl/α,β-unsaturated/α-hetero) is 1. The second-order valence-corrected chi connectivity index (χ2v) is 9.93. The number of ketones is 1. The van der Waals surface area contributed by atoms with Gasteiger partial charge in [-0.2, -0.15) is 12.6 Å². The molecule has 0 radical (unpaired) electrons. The molecular weight excluding hydrogens is 494 g/mol. The Morgan fingerprint density at radius 3 is 2.26 bits per heavy atom. The molecule has 0 spiro atoms. The number of anilines is 2.